The van der Waals surface area contributed by atoms with Crippen molar-refractivity contribution < 1.29 is 28.5 Å². The summed E-state index contributed by atoms with van der Waals surface area (Å²) in [7, 11) is 0. The SMILES string of the molecule is Cc1oc(-c2ccc(Oc3ccccc3)cc2)nc1CCOc1ccc(OC(C)(C)C(=O)O)cc1. The maximum Gasteiger partial charge on any atom is 0.347 e. The van der Waals surface area contributed by atoms with Gasteiger partial charge in [-0.05, 0) is 81.4 Å². The second-order valence-corrected chi connectivity index (χ2v) is 8.45. The highest BCUT2D eigenvalue weighted by atomic mass is 16.5. The molecule has 4 aromatic rings. The van der Waals surface area contributed by atoms with E-state index in [1.807, 2.05) is 61.5 Å². The van der Waals surface area contributed by atoms with E-state index in [0.29, 0.717) is 30.4 Å². The second kappa shape index (κ2) is 10.3. The number of ether oxygens (including phenoxy) is 3. The molecule has 0 fully saturated rings. The quantitative estimate of drug-likeness (QED) is 0.289. The van der Waals surface area contributed by atoms with Gasteiger partial charge in [0, 0.05) is 12.0 Å². The van der Waals surface area contributed by atoms with E-state index in [4.69, 9.17) is 18.6 Å². The van der Waals surface area contributed by atoms with Crippen LogP contribution in [0.15, 0.2) is 83.3 Å². The molecule has 0 bridgehead atoms. The third-order valence-corrected chi connectivity index (χ3v) is 5.29. The molecule has 0 saturated carbocycles. The van der Waals surface area contributed by atoms with Crippen LogP contribution in [0.2, 0.25) is 0 Å². The van der Waals surface area contributed by atoms with Crippen molar-refractivity contribution in [3.8, 4) is 34.5 Å². The van der Waals surface area contributed by atoms with Gasteiger partial charge in [0.15, 0.2) is 5.60 Å². The van der Waals surface area contributed by atoms with Gasteiger partial charge in [-0.1, -0.05) is 18.2 Å². The highest BCUT2D eigenvalue weighted by molar-refractivity contribution is 5.76. The van der Waals surface area contributed by atoms with Crippen molar-refractivity contribution in [2.45, 2.75) is 32.8 Å². The Balaban J connectivity index is 1.32. The summed E-state index contributed by atoms with van der Waals surface area (Å²) < 4.78 is 23.0. The third kappa shape index (κ3) is 6.20. The zero-order chi connectivity index (χ0) is 24.8. The number of aromatic nitrogens is 1. The van der Waals surface area contributed by atoms with Gasteiger partial charge < -0.3 is 23.7 Å². The molecule has 0 saturated heterocycles. The van der Waals surface area contributed by atoms with Crippen molar-refractivity contribution in [3.63, 3.8) is 0 Å². The van der Waals surface area contributed by atoms with Crippen LogP contribution in [0.1, 0.15) is 25.3 Å². The van der Waals surface area contributed by atoms with Crippen LogP contribution in [0.4, 0.5) is 0 Å². The Bertz CT molecular complexity index is 1260. The highest BCUT2D eigenvalue weighted by Crippen LogP contribution is 2.27. The molecule has 0 aliphatic heterocycles. The number of carbonyl (C=O) groups is 1. The number of hydrogen-bond acceptors (Lipinski definition) is 6. The lowest BCUT2D eigenvalue weighted by molar-refractivity contribution is -0.152. The predicted molar refractivity (Wildman–Crippen MR) is 131 cm³/mol. The number of hydrogen-bond donors (Lipinski definition) is 1. The third-order valence-electron chi connectivity index (χ3n) is 5.29. The molecule has 0 aliphatic carbocycles. The summed E-state index contributed by atoms with van der Waals surface area (Å²) in [5, 5.41) is 9.18. The van der Waals surface area contributed by atoms with Gasteiger partial charge in [-0.15, -0.1) is 0 Å². The number of carboxylic acid groups (broad SMARTS) is 1. The Kier molecular flexibility index (Phi) is 7.06. The van der Waals surface area contributed by atoms with Crippen LogP contribution in [0, 0.1) is 6.92 Å². The lowest BCUT2D eigenvalue weighted by Gasteiger charge is -2.21. The number of benzene rings is 3. The summed E-state index contributed by atoms with van der Waals surface area (Å²) in [5.74, 6) is 2.89. The van der Waals surface area contributed by atoms with E-state index in [1.54, 1.807) is 24.3 Å². The van der Waals surface area contributed by atoms with Gasteiger partial charge in [-0.2, -0.15) is 0 Å². The lowest BCUT2D eigenvalue weighted by Crippen LogP contribution is -2.37. The number of nitrogens with zero attached hydrogens (tertiary/aromatic N) is 1. The molecule has 7 heteroatoms. The van der Waals surface area contributed by atoms with Crippen LogP contribution in [0.25, 0.3) is 11.5 Å². The van der Waals surface area contributed by atoms with Crippen LogP contribution in [-0.2, 0) is 11.2 Å². The lowest BCUT2D eigenvalue weighted by atomic mass is 10.1. The first-order valence-electron chi connectivity index (χ1n) is 11.2. The number of para-hydroxylation sites is 1. The Morgan fingerprint density at radius 1 is 0.886 bits per heavy atom. The molecule has 1 heterocycles. The van der Waals surface area contributed by atoms with E-state index in [-0.39, 0.29) is 0 Å². The van der Waals surface area contributed by atoms with Crippen molar-refractivity contribution >= 4 is 5.97 Å². The minimum absolute atomic E-state index is 0.414. The first-order valence-corrected chi connectivity index (χ1v) is 11.2. The van der Waals surface area contributed by atoms with Crippen LogP contribution in [0.5, 0.6) is 23.0 Å². The normalized spacial score (nSPS) is 11.2. The molecule has 1 aromatic heterocycles. The molecule has 0 radical (unpaired) electrons. The van der Waals surface area contributed by atoms with Gasteiger partial charge in [-0.25, -0.2) is 9.78 Å². The molecule has 4 rings (SSSR count). The van der Waals surface area contributed by atoms with Crippen molar-refractivity contribution in [2.24, 2.45) is 0 Å². The molecule has 0 aliphatic rings. The predicted octanol–water partition coefficient (Wildman–Crippen LogP) is 6.31. The molecular formula is C28H27NO6. The summed E-state index contributed by atoms with van der Waals surface area (Å²) in [6, 6.07) is 24.1. The number of rotatable bonds is 10. The van der Waals surface area contributed by atoms with Gasteiger partial charge >= 0.3 is 5.97 Å². The van der Waals surface area contributed by atoms with Crippen molar-refractivity contribution in [3.05, 3.63) is 90.3 Å². The molecule has 7 nitrogen and oxygen atoms in total. The average Bonchev–Trinajstić information content (AvgIpc) is 3.21. The standard InChI is InChI=1S/C28H27NO6/c1-19-25(17-18-32-21-13-15-24(16-14-21)35-28(2,3)27(30)31)29-26(33-19)20-9-11-23(12-10-20)34-22-7-5-4-6-8-22/h4-16H,17-18H2,1-3H3,(H,30,31). The maximum absolute atomic E-state index is 11.2. The van der Waals surface area contributed by atoms with Crippen LogP contribution >= 0.6 is 0 Å². The molecule has 180 valence electrons. The fourth-order valence-corrected chi connectivity index (χ4v) is 3.28. The highest BCUT2D eigenvalue weighted by Gasteiger charge is 2.29. The number of aryl methyl sites for hydroxylation is 1. The van der Waals surface area contributed by atoms with Crippen molar-refractivity contribution in [1.82, 2.24) is 4.98 Å². The van der Waals surface area contributed by atoms with E-state index in [9.17, 15) is 9.90 Å². The fraction of sp³-hybridized carbons (Fsp3) is 0.214. The molecule has 1 N–H and O–H groups in total. The Morgan fingerprint density at radius 2 is 1.49 bits per heavy atom. The molecular weight excluding hydrogens is 446 g/mol. The van der Waals surface area contributed by atoms with E-state index in [1.165, 1.54) is 13.8 Å². The molecule has 0 spiro atoms. The van der Waals surface area contributed by atoms with E-state index >= 15 is 0 Å². The molecule has 3 aromatic carbocycles. The monoisotopic (exact) mass is 473 g/mol. The topological polar surface area (TPSA) is 91.0 Å². The minimum atomic E-state index is -1.31. The molecule has 0 amide bonds. The Morgan fingerprint density at radius 3 is 2.14 bits per heavy atom. The van der Waals surface area contributed by atoms with Crippen molar-refractivity contribution in [2.75, 3.05) is 6.61 Å². The summed E-state index contributed by atoms with van der Waals surface area (Å²) >= 11 is 0. The Labute approximate surface area is 203 Å². The smallest absolute Gasteiger partial charge is 0.347 e. The zero-order valence-corrected chi connectivity index (χ0v) is 19.9. The maximum atomic E-state index is 11.2. The minimum Gasteiger partial charge on any atom is -0.493 e. The van der Waals surface area contributed by atoms with E-state index < -0.39 is 11.6 Å². The summed E-state index contributed by atoms with van der Waals surface area (Å²) in [5.41, 5.74) is 0.383. The zero-order valence-electron chi connectivity index (χ0n) is 19.9. The molecule has 0 unspecified atom stereocenters. The van der Waals surface area contributed by atoms with Gasteiger partial charge in [0.2, 0.25) is 5.89 Å². The van der Waals surface area contributed by atoms with Gasteiger partial charge in [0.1, 0.15) is 28.8 Å². The molecule has 0 atom stereocenters. The van der Waals surface area contributed by atoms with Gasteiger partial charge in [0.05, 0.1) is 12.3 Å². The fourth-order valence-electron chi connectivity index (χ4n) is 3.28. The average molecular weight is 474 g/mol. The van der Waals surface area contributed by atoms with Gasteiger partial charge in [-0.3, -0.25) is 0 Å². The van der Waals surface area contributed by atoms with Crippen molar-refractivity contribution in [1.29, 1.82) is 0 Å². The van der Waals surface area contributed by atoms with Crippen LogP contribution < -0.4 is 14.2 Å². The first kappa shape index (κ1) is 23.9. The van der Waals surface area contributed by atoms with Gasteiger partial charge in [0.25, 0.3) is 0 Å². The number of oxazole rings is 1. The first-order chi connectivity index (χ1) is 16.8. The van der Waals surface area contributed by atoms with Crippen LogP contribution in [-0.4, -0.2) is 28.3 Å². The largest absolute Gasteiger partial charge is 0.493 e. The van der Waals surface area contributed by atoms with Crippen LogP contribution in [0.3, 0.4) is 0 Å². The summed E-state index contributed by atoms with van der Waals surface area (Å²) in [4.78, 5) is 15.8. The second-order valence-electron chi connectivity index (χ2n) is 8.45. The molecule has 35 heavy (non-hydrogen) atoms. The Hall–Kier alpha value is -4.26. The van der Waals surface area contributed by atoms with E-state index in [2.05, 4.69) is 4.98 Å². The summed E-state index contributed by atoms with van der Waals surface area (Å²) in [6.07, 6.45) is 0.578. The number of carboxylic acids is 1. The van der Waals surface area contributed by atoms with E-state index in [0.717, 1.165) is 28.5 Å². The number of aliphatic carboxylic acids is 1. The summed E-state index contributed by atoms with van der Waals surface area (Å²) in [6.45, 7) is 5.30.